The number of carbonyl (C=O) groups is 3. The van der Waals surface area contributed by atoms with E-state index in [0.29, 0.717) is 19.3 Å². The van der Waals surface area contributed by atoms with Crippen LogP contribution in [0.2, 0.25) is 0 Å². The van der Waals surface area contributed by atoms with E-state index in [-0.39, 0.29) is 37.5 Å². The van der Waals surface area contributed by atoms with Crippen molar-refractivity contribution in [3.63, 3.8) is 0 Å². The monoisotopic (exact) mass is 897 g/mol. The lowest BCUT2D eigenvalue weighted by Gasteiger charge is -2.18. The highest BCUT2D eigenvalue weighted by Gasteiger charge is 2.19. The van der Waals surface area contributed by atoms with Crippen LogP contribution in [0, 0.1) is 0 Å². The second-order valence-corrected chi connectivity index (χ2v) is 18.5. The van der Waals surface area contributed by atoms with Gasteiger partial charge < -0.3 is 14.2 Å². The van der Waals surface area contributed by atoms with Gasteiger partial charge in [0.05, 0.1) is 0 Å². The van der Waals surface area contributed by atoms with Crippen LogP contribution in [0.25, 0.3) is 0 Å². The molecule has 0 spiro atoms. The average molecular weight is 897 g/mol. The fourth-order valence-electron chi connectivity index (χ4n) is 7.91. The van der Waals surface area contributed by atoms with Gasteiger partial charge in [-0.1, -0.05) is 256 Å². The Morgan fingerprint density at radius 1 is 0.312 bits per heavy atom. The molecule has 372 valence electrons. The summed E-state index contributed by atoms with van der Waals surface area (Å²) >= 11 is 0. The first kappa shape index (κ1) is 61.4. The fourth-order valence-corrected chi connectivity index (χ4v) is 7.91. The number of rotatable bonds is 50. The maximum absolute atomic E-state index is 12.8. The van der Waals surface area contributed by atoms with Crippen molar-refractivity contribution in [3.8, 4) is 0 Å². The minimum Gasteiger partial charge on any atom is -0.462 e. The summed E-state index contributed by atoms with van der Waals surface area (Å²) in [6.45, 7) is 6.59. The van der Waals surface area contributed by atoms with Crippen molar-refractivity contribution in [2.75, 3.05) is 13.2 Å². The van der Waals surface area contributed by atoms with Crippen LogP contribution in [0.1, 0.15) is 284 Å². The van der Waals surface area contributed by atoms with Gasteiger partial charge >= 0.3 is 17.9 Å². The summed E-state index contributed by atoms with van der Waals surface area (Å²) in [5, 5.41) is 0. The Balaban J connectivity index is 4.41. The van der Waals surface area contributed by atoms with Crippen LogP contribution >= 0.6 is 0 Å². The lowest BCUT2D eigenvalue weighted by molar-refractivity contribution is -0.167. The molecule has 0 N–H and O–H groups in total. The zero-order chi connectivity index (χ0) is 46.5. The zero-order valence-electron chi connectivity index (χ0n) is 42.6. The Hall–Kier alpha value is -2.63. The van der Waals surface area contributed by atoms with Gasteiger partial charge in [0.1, 0.15) is 13.2 Å². The minimum absolute atomic E-state index is 0.0859. The van der Waals surface area contributed by atoms with Crippen LogP contribution < -0.4 is 0 Å². The Morgan fingerprint density at radius 3 is 0.938 bits per heavy atom. The van der Waals surface area contributed by atoms with Crippen molar-refractivity contribution >= 4 is 17.9 Å². The second kappa shape index (κ2) is 53.0. The van der Waals surface area contributed by atoms with Gasteiger partial charge in [-0.15, -0.1) is 0 Å². The Morgan fingerprint density at radius 2 is 0.578 bits per heavy atom. The van der Waals surface area contributed by atoms with Gasteiger partial charge in [-0.2, -0.15) is 0 Å². The van der Waals surface area contributed by atoms with Crippen LogP contribution in [-0.4, -0.2) is 37.2 Å². The molecule has 0 bridgehead atoms. The van der Waals surface area contributed by atoms with E-state index in [2.05, 4.69) is 69.4 Å². The third-order valence-electron chi connectivity index (χ3n) is 12.1. The highest BCUT2D eigenvalue weighted by molar-refractivity contribution is 5.71. The summed E-state index contributed by atoms with van der Waals surface area (Å²) in [6, 6.07) is 0. The second-order valence-electron chi connectivity index (χ2n) is 18.5. The molecular weight excluding hydrogens is 793 g/mol. The highest BCUT2D eigenvalue weighted by atomic mass is 16.6. The van der Waals surface area contributed by atoms with Crippen LogP contribution in [0.3, 0.4) is 0 Å². The van der Waals surface area contributed by atoms with Crippen LogP contribution in [-0.2, 0) is 28.6 Å². The van der Waals surface area contributed by atoms with Gasteiger partial charge in [-0.25, -0.2) is 0 Å². The Kier molecular flexibility index (Phi) is 50.8. The van der Waals surface area contributed by atoms with Gasteiger partial charge in [0.15, 0.2) is 6.10 Å². The normalized spacial score (nSPS) is 12.4. The summed E-state index contributed by atoms with van der Waals surface area (Å²) in [4.78, 5) is 38.0. The van der Waals surface area contributed by atoms with E-state index in [4.69, 9.17) is 14.2 Å². The number of allylic oxidation sites excluding steroid dienone is 8. The molecule has 0 unspecified atom stereocenters. The predicted octanol–water partition coefficient (Wildman–Crippen LogP) is 18.3. The third kappa shape index (κ3) is 50.4. The molecule has 0 heterocycles. The topological polar surface area (TPSA) is 78.9 Å². The van der Waals surface area contributed by atoms with Crippen molar-refractivity contribution in [1.29, 1.82) is 0 Å². The van der Waals surface area contributed by atoms with Gasteiger partial charge in [-0.05, 0) is 57.8 Å². The molecule has 0 aliphatic heterocycles. The molecule has 0 amide bonds. The molecule has 0 aromatic carbocycles. The van der Waals surface area contributed by atoms with Gasteiger partial charge in [0.2, 0.25) is 0 Å². The number of esters is 3. The van der Waals surface area contributed by atoms with Gasteiger partial charge in [0.25, 0.3) is 0 Å². The number of unbranched alkanes of at least 4 members (excludes halogenated alkanes) is 31. The molecule has 64 heavy (non-hydrogen) atoms. The standard InChI is InChI=1S/C58H104O6/c1-4-7-10-13-16-19-22-25-27-29-31-33-36-39-42-45-48-51-57(60)63-54-55(53-62-56(59)50-47-44-41-38-35-24-21-18-15-12-9-6-3)64-58(61)52-49-46-43-40-37-34-32-30-28-26-23-20-17-14-11-8-5-2/h16,19,25,27,31,33,39,42,55H,4-15,17-18,20-24,26,28-30,32,34-38,40-41,43-54H2,1-3H3/b19-16-,27-25-,33-31-,42-39-/t55-/m0/s1. The third-order valence-corrected chi connectivity index (χ3v) is 12.1. The molecule has 6 nitrogen and oxygen atoms in total. The molecule has 0 aromatic rings. The largest absolute Gasteiger partial charge is 0.462 e. The lowest BCUT2D eigenvalue weighted by atomic mass is 10.0. The van der Waals surface area contributed by atoms with E-state index in [9.17, 15) is 14.4 Å². The molecule has 0 radical (unpaired) electrons. The molecule has 0 saturated carbocycles. The molecule has 0 rings (SSSR count). The predicted molar refractivity (Wildman–Crippen MR) is 275 cm³/mol. The molecule has 0 aromatic heterocycles. The number of ether oxygens (including phenoxy) is 3. The molecular formula is C58H104O6. The lowest BCUT2D eigenvalue weighted by Crippen LogP contribution is -2.30. The first-order valence-corrected chi connectivity index (χ1v) is 27.6. The molecule has 6 heteroatoms. The molecule has 0 fully saturated rings. The fraction of sp³-hybridized carbons (Fsp3) is 0.810. The number of hydrogen-bond donors (Lipinski definition) is 0. The van der Waals surface area contributed by atoms with Gasteiger partial charge in [-0.3, -0.25) is 14.4 Å². The SMILES string of the molecule is CCCCC/C=C\C/C=C\C/C=C\C/C=C\CCCC(=O)OC[C@H](COC(=O)CCCCCCCCCCCCCC)OC(=O)CCCCCCCCCCCCCCCCCCC. The maximum atomic E-state index is 12.8. The van der Waals surface area contributed by atoms with Crippen molar-refractivity contribution < 1.29 is 28.6 Å². The smallest absolute Gasteiger partial charge is 0.306 e. The summed E-state index contributed by atoms with van der Waals surface area (Å²) in [7, 11) is 0. The zero-order valence-corrected chi connectivity index (χ0v) is 42.6. The number of carbonyl (C=O) groups excluding carboxylic acids is 3. The van der Waals surface area contributed by atoms with Crippen molar-refractivity contribution in [2.24, 2.45) is 0 Å². The summed E-state index contributed by atoms with van der Waals surface area (Å²) in [5.74, 6) is -0.931. The first-order chi connectivity index (χ1) is 31.5. The van der Waals surface area contributed by atoms with Crippen LogP contribution in [0.5, 0.6) is 0 Å². The van der Waals surface area contributed by atoms with Crippen LogP contribution in [0.15, 0.2) is 48.6 Å². The Bertz CT molecular complexity index is 1120. The highest BCUT2D eigenvalue weighted by Crippen LogP contribution is 2.16. The van der Waals surface area contributed by atoms with E-state index >= 15 is 0 Å². The molecule has 0 aliphatic carbocycles. The summed E-state index contributed by atoms with van der Waals surface area (Å²) in [5.41, 5.74) is 0. The van der Waals surface area contributed by atoms with E-state index < -0.39 is 6.10 Å². The molecule has 0 saturated heterocycles. The number of hydrogen-bond acceptors (Lipinski definition) is 6. The molecule has 0 aliphatic rings. The van der Waals surface area contributed by atoms with Gasteiger partial charge in [0, 0.05) is 19.3 Å². The first-order valence-electron chi connectivity index (χ1n) is 27.6. The quantitative estimate of drug-likeness (QED) is 0.0262. The summed E-state index contributed by atoms with van der Waals surface area (Å²) < 4.78 is 16.8. The van der Waals surface area contributed by atoms with Crippen molar-refractivity contribution in [2.45, 2.75) is 290 Å². The maximum Gasteiger partial charge on any atom is 0.306 e. The van der Waals surface area contributed by atoms with E-state index in [1.807, 2.05) is 0 Å². The molecule has 1 atom stereocenters. The Labute approximate surface area is 397 Å². The van der Waals surface area contributed by atoms with E-state index in [1.165, 1.54) is 173 Å². The summed E-state index contributed by atoms with van der Waals surface area (Å²) in [6.07, 6.45) is 63.9. The minimum atomic E-state index is -0.790. The van der Waals surface area contributed by atoms with E-state index in [0.717, 1.165) is 64.2 Å². The van der Waals surface area contributed by atoms with Crippen molar-refractivity contribution in [3.05, 3.63) is 48.6 Å². The van der Waals surface area contributed by atoms with Crippen LogP contribution in [0.4, 0.5) is 0 Å². The van der Waals surface area contributed by atoms with Crippen molar-refractivity contribution in [1.82, 2.24) is 0 Å². The average Bonchev–Trinajstić information content (AvgIpc) is 3.29. The van der Waals surface area contributed by atoms with E-state index in [1.54, 1.807) is 0 Å².